The third-order valence-electron chi connectivity index (χ3n) is 4.39. The number of carbonyl (C=O) groups is 2. The van der Waals surface area contributed by atoms with Gasteiger partial charge in [0, 0.05) is 4.70 Å². The molecule has 1 aromatic heterocycles. The molecule has 0 bridgehead atoms. The Bertz CT molecular complexity index is 1170. The van der Waals surface area contributed by atoms with E-state index in [1.54, 1.807) is 38.1 Å². The first kappa shape index (κ1) is 23.9. The number of carbonyl (C=O) groups excluding carboxylic acids is 1. The highest BCUT2D eigenvalue weighted by Gasteiger charge is 2.41. The first-order chi connectivity index (χ1) is 15.1. The zero-order chi connectivity index (χ0) is 23.5. The van der Waals surface area contributed by atoms with E-state index in [9.17, 15) is 19.3 Å². The highest BCUT2D eigenvalue weighted by Crippen LogP contribution is 2.58. The Balaban J connectivity index is 1.96. The Morgan fingerprint density at radius 2 is 1.78 bits per heavy atom. The minimum atomic E-state index is -4.33. The van der Waals surface area contributed by atoms with Crippen molar-refractivity contribution in [1.29, 1.82) is 0 Å². The van der Waals surface area contributed by atoms with Gasteiger partial charge >= 0.3 is 19.5 Å². The fourth-order valence-corrected chi connectivity index (χ4v) is 5.74. The van der Waals surface area contributed by atoms with Gasteiger partial charge in [-0.2, -0.15) is 0 Å². The van der Waals surface area contributed by atoms with Gasteiger partial charge in [0.25, 0.3) is 0 Å². The summed E-state index contributed by atoms with van der Waals surface area (Å²) in [5.74, 6) is -3.74. The Morgan fingerprint density at radius 1 is 1.09 bits per heavy atom. The van der Waals surface area contributed by atoms with Crippen LogP contribution in [0.1, 0.15) is 41.9 Å². The molecule has 3 atom stereocenters. The van der Waals surface area contributed by atoms with Crippen LogP contribution in [-0.4, -0.2) is 29.2 Å². The van der Waals surface area contributed by atoms with Gasteiger partial charge in [0.2, 0.25) is 5.91 Å². The summed E-state index contributed by atoms with van der Waals surface area (Å²) < 4.78 is 40.8. The summed E-state index contributed by atoms with van der Waals surface area (Å²) in [6.07, 6.45) is -0.397. The lowest BCUT2D eigenvalue weighted by Gasteiger charge is -2.26. The highest BCUT2D eigenvalue weighted by molar-refractivity contribution is 7.57. The summed E-state index contributed by atoms with van der Waals surface area (Å²) in [6, 6.07) is 12.8. The molecule has 2 aromatic carbocycles. The van der Waals surface area contributed by atoms with E-state index in [-0.39, 0.29) is 16.2 Å². The molecule has 0 amide bonds. The van der Waals surface area contributed by atoms with E-state index in [0.717, 1.165) is 11.3 Å². The van der Waals surface area contributed by atoms with Gasteiger partial charge < -0.3 is 14.4 Å². The van der Waals surface area contributed by atoms with Crippen molar-refractivity contribution in [2.24, 2.45) is 0 Å². The molecule has 0 radical (unpaired) electrons. The first-order valence-corrected chi connectivity index (χ1v) is 12.3. The van der Waals surface area contributed by atoms with Crippen molar-refractivity contribution < 1.29 is 32.9 Å². The molecule has 0 aliphatic rings. The molecular formula is C22H23FNO6PS. The second kappa shape index (κ2) is 9.81. The molecule has 32 heavy (non-hydrogen) atoms. The van der Waals surface area contributed by atoms with Crippen molar-refractivity contribution in [3.63, 3.8) is 0 Å². The number of esters is 1. The number of nitrogens with one attached hydrogen (secondary N) is 1. The monoisotopic (exact) mass is 479 g/mol. The largest absolute Gasteiger partial charge is 0.477 e. The number of fused-ring (bicyclic) bond motifs is 1. The number of ether oxygens (including phenoxy) is 1. The lowest BCUT2D eigenvalue weighted by atomic mass is 10.2. The van der Waals surface area contributed by atoms with Crippen molar-refractivity contribution in [2.75, 3.05) is 0 Å². The number of halogens is 1. The fraction of sp³-hybridized carbons (Fsp3) is 0.273. The predicted molar refractivity (Wildman–Crippen MR) is 121 cm³/mol. The standard InChI is InChI=1S/C22H23FNO6PS/c1-13(2)29-22(27)14(3)24-31(28,30-17-7-5-4-6-8-17)20(23)15-9-10-18-16(11-15)12-19(32-18)21(25)26/h4-14,20H,1-3H3,(H,24,28)(H,25,26)/t14-,20?,31?/m0/s1. The number of hydrogen-bond acceptors (Lipinski definition) is 6. The minimum Gasteiger partial charge on any atom is -0.477 e. The molecule has 170 valence electrons. The predicted octanol–water partition coefficient (Wildman–Crippen LogP) is 5.77. The molecular weight excluding hydrogens is 456 g/mol. The summed E-state index contributed by atoms with van der Waals surface area (Å²) in [5, 5.41) is 12.2. The van der Waals surface area contributed by atoms with Crippen molar-refractivity contribution in [3.8, 4) is 5.75 Å². The Kier molecular flexibility index (Phi) is 7.33. The number of rotatable bonds is 9. The third-order valence-corrected chi connectivity index (χ3v) is 7.62. The lowest BCUT2D eigenvalue weighted by molar-refractivity contribution is -0.149. The number of para-hydroxylation sites is 1. The molecule has 3 rings (SSSR count). The summed E-state index contributed by atoms with van der Waals surface area (Å²) >= 11 is 1.06. The minimum absolute atomic E-state index is 0.0310. The summed E-state index contributed by atoms with van der Waals surface area (Å²) in [6.45, 7) is 4.76. The summed E-state index contributed by atoms with van der Waals surface area (Å²) in [4.78, 5) is 23.6. The van der Waals surface area contributed by atoms with Crippen LogP contribution in [0.25, 0.3) is 10.1 Å². The van der Waals surface area contributed by atoms with Crippen LogP contribution < -0.4 is 9.61 Å². The lowest BCUT2D eigenvalue weighted by Crippen LogP contribution is -2.36. The Morgan fingerprint density at radius 3 is 2.41 bits per heavy atom. The molecule has 0 fully saturated rings. The highest BCUT2D eigenvalue weighted by atomic mass is 32.1. The molecule has 0 aliphatic carbocycles. The van der Waals surface area contributed by atoms with Crippen LogP contribution in [-0.2, 0) is 14.1 Å². The molecule has 0 saturated heterocycles. The van der Waals surface area contributed by atoms with Crippen LogP contribution in [0.2, 0.25) is 0 Å². The maximum atomic E-state index is 15.7. The maximum Gasteiger partial charge on any atom is 0.355 e. The van der Waals surface area contributed by atoms with Crippen LogP contribution in [0.5, 0.6) is 5.75 Å². The van der Waals surface area contributed by atoms with Crippen molar-refractivity contribution in [3.05, 3.63) is 65.0 Å². The molecule has 3 aromatic rings. The number of carboxylic acids is 1. The quantitative estimate of drug-likeness (QED) is 0.297. The van der Waals surface area contributed by atoms with E-state index in [1.165, 1.54) is 37.3 Å². The van der Waals surface area contributed by atoms with Crippen molar-refractivity contribution >= 4 is 40.9 Å². The number of hydrogen-bond donors (Lipinski definition) is 2. The van der Waals surface area contributed by atoms with Gasteiger partial charge in [-0.15, -0.1) is 11.3 Å². The number of benzene rings is 2. The molecule has 2 N–H and O–H groups in total. The van der Waals surface area contributed by atoms with E-state index in [1.807, 2.05) is 0 Å². The van der Waals surface area contributed by atoms with Crippen molar-refractivity contribution in [1.82, 2.24) is 5.09 Å². The number of thiophene rings is 1. The average molecular weight is 479 g/mol. The third kappa shape index (κ3) is 5.54. The summed E-state index contributed by atoms with van der Waals surface area (Å²) in [7, 11) is -4.33. The van der Waals surface area contributed by atoms with Crippen LogP contribution in [0.15, 0.2) is 54.6 Å². The summed E-state index contributed by atoms with van der Waals surface area (Å²) in [5.41, 5.74) is 0.0310. The van der Waals surface area contributed by atoms with Gasteiger partial charge in [0.05, 0.1) is 6.10 Å². The first-order valence-electron chi connectivity index (χ1n) is 9.82. The van der Waals surface area contributed by atoms with Gasteiger partial charge in [-0.25, -0.2) is 14.3 Å². The smallest absolute Gasteiger partial charge is 0.355 e. The van der Waals surface area contributed by atoms with E-state index in [2.05, 4.69) is 5.09 Å². The second-order valence-electron chi connectivity index (χ2n) is 7.39. The molecule has 0 aliphatic heterocycles. The average Bonchev–Trinajstić information content (AvgIpc) is 3.17. The van der Waals surface area contributed by atoms with E-state index in [4.69, 9.17) is 9.26 Å². The molecule has 1 heterocycles. The second-order valence-corrected chi connectivity index (χ2v) is 10.6. The van der Waals surface area contributed by atoms with Crippen LogP contribution in [0, 0.1) is 0 Å². The topological polar surface area (TPSA) is 102 Å². The molecule has 0 saturated carbocycles. The maximum absolute atomic E-state index is 15.7. The van der Waals surface area contributed by atoms with E-state index in [0.29, 0.717) is 10.1 Å². The molecule has 0 spiro atoms. The van der Waals surface area contributed by atoms with Gasteiger partial charge in [-0.05, 0) is 62.1 Å². The zero-order valence-electron chi connectivity index (χ0n) is 17.7. The van der Waals surface area contributed by atoms with Crippen molar-refractivity contribution in [2.45, 2.75) is 38.8 Å². The van der Waals surface area contributed by atoms with Gasteiger partial charge in [-0.1, -0.05) is 24.3 Å². The SMILES string of the molecule is CC(C)OC(=O)[C@H](C)NP(=O)(Oc1ccccc1)C(F)c1ccc2sc(C(=O)O)cc2c1. The number of carboxylic acid groups (broad SMARTS) is 1. The fourth-order valence-electron chi connectivity index (χ4n) is 2.94. The van der Waals surface area contributed by atoms with E-state index < -0.39 is 37.5 Å². The number of alkyl halides is 1. The van der Waals surface area contributed by atoms with Gasteiger partial charge in [0.15, 0.2) is 0 Å². The Hall–Kier alpha value is -2.74. The number of aromatic carboxylic acids is 1. The molecule has 10 heteroatoms. The van der Waals surface area contributed by atoms with E-state index >= 15 is 4.39 Å². The molecule has 7 nitrogen and oxygen atoms in total. The molecule has 2 unspecified atom stereocenters. The van der Waals surface area contributed by atoms with Crippen LogP contribution in [0.3, 0.4) is 0 Å². The normalized spacial score (nSPS) is 15.2. The zero-order valence-corrected chi connectivity index (χ0v) is 19.4. The van der Waals surface area contributed by atoms with Gasteiger partial charge in [-0.3, -0.25) is 9.36 Å². The Labute approximate surface area is 188 Å². The van der Waals surface area contributed by atoms with Crippen LogP contribution in [0.4, 0.5) is 4.39 Å². The van der Waals surface area contributed by atoms with Crippen LogP contribution >= 0.6 is 18.9 Å². The van der Waals surface area contributed by atoms with Gasteiger partial charge in [0.1, 0.15) is 16.7 Å².